The van der Waals surface area contributed by atoms with Gasteiger partial charge in [-0.3, -0.25) is 10.1 Å². The van der Waals surface area contributed by atoms with E-state index >= 15 is 0 Å². The highest BCUT2D eigenvalue weighted by Gasteiger charge is 2.10. The van der Waals surface area contributed by atoms with E-state index in [-0.39, 0.29) is 12.5 Å². The smallest absolute Gasteiger partial charge is 0.264 e. The second kappa shape index (κ2) is 9.23. The van der Waals surface area contributed by atoms with Crippen LogP contribution in [0.15, 0.2) is 52.9 Å². The Hall–Kier alpha value is -1.80. The summed E-state index contributed by atoms with van der Waals surface area (Å²) in [6.45, 7) is -0.0880. The van der Waals surface area contributed by atoms with Crippen LogP contribution in [0.1, 0.15) is 5.56 Å². The summed E-state index contributed by atoms with van der Waals surface area (Å²) in [6.07, 6.45) is 0. The Morgan fingerprint density at radius 1 is 1.12 bits per heavy atom. The lowest BCUT2D eigenvalue weighted by Gasteiger charge is -2.04. The van der Waals surface area contributed by atoms with Gasteiger partial charge in [0.05, 0.1) is 10.0 Å². The molecular weight excluding hydrogens is 413 g/mol. The van der Waals surface area contributed by atoms with E-state index in [1.54, 1.807) is 18.2 Å². The molecule has 0 bridgehead atoms. The molecule has 0 atom stereocenters. The molecule has 0 saturated heterocycles. The van der Waals surface area contributed by atoms with E-state index in [0.717, 1.165) is 9.90 Å². The lowest BCUT2D eigenvalue weighted by Crippen LogP contribution is -2.20. The highest BCUT2D eigenvalue weighted by Crippen LogP contribution is 2.30. The molecule has 5 nitrogen and oxygen atoms in total. The summed E-state index contributed by atoms with van der Waals surface area (Å²) in [5.41, 5.74) is 1.03. The normalized spacial score (nSPS) is 10.5. The number of benzene rings is 2. The quantitative estimate of drug-likeness (QED) is 0.418. The largest absolute Gasteiger partial charge is 0.484 e. The van der Waals surface area contributed by atoms with Crippen molar-refractivity contribution in [3.05, 3.63) is 64.1 Å². The summed E-state index contributed by atoms with van der Waals surface area (Å²) in [6, 6.07) is 14.6. The molecule has 1 heterocycles. The molecule has 0 aliphatic rings. The molecule has 0 saturated carbocycles. The third-order valence-corrected chi connectivity index (χ3v) is 5.89. The highest BCUT2D eigenvalue weighted by atomic mass is 35.5. The second-order valence-electron chi connectivity index (χ2n) is 5.06. The van der Waals surface area contributed by atoms with E-state index in [0.29, 0.717) is 26.7 Å². The van der Waals surface area contributed by atoms with Crippen LogP contribution in [-0.4, -0.2) is 22.7 Å². The number of carbonyl (C=O) groups excluding carboxylic acids is 1. The molecule has 0 spiro atoms. The fourth-order valence-electron chi connectivity index (χ4n) is 1.91. The maximum atomic E-state index is 11.9. The van der Waals surface area contributed by atoms with E-state index in [1.165, 1.54) is 23.1 Å². The Bertz CT molecular complexity index is 891. The van der Waals surface area contributed by atoms with Crippen LogP contribution in [0.5, 0.6) is 5.75 Å². The monoisotopic (exact) mass is 425 g/mol. The van der Waals surface area contributed by atoms with Gasteiger partial charge in [-0.15, -0.1) is 10.2 Å². The molecule has 1 aromatic heterocycles. The molecule has 3 rings (SSSR count). The fourth-order valence-corrected chi connectivity index (χ4v) is 3.95. The first-order valence-corrected chi connectivity index (χ1v) is 10.0. The number of para-hydroxylation sites is 1. The van der Waals surface area contributed by atoms with Gasteiger partial charge in [0.15, 0.2) is 10.9 Å². The summed E-state index contributed by atoms with van der Waals surface area (Å²) in [4.78, 5) is 11.9. The van der Waals surface area contributed by atoms with Crippen molar-refractivity contribution < 1.29 is 9.53 Å². The van der Waals surface area contributed by atoms with Crippen LogP contribution < -0.4 is 10.1 Å². The predicted molar refractivity (Wildman–Crippen MR) is 106 cm³/mol. The minimum Gasteiger partial charge on any atom is -0.484 e. The van der Waals surface area contributed by atoms with Crippen molar-refractivity contribution in [3.63, 3.8) is 0 Å². The number of ether oxygens (including phenoxy) is 1. The third-order valence-electron chi connectivity index (χ3n) is 3.11. The predicted octanol–water partition coefficient (Wildman–Crippen LogP) is 5.15. The van der Waals surface area contributed by atoms with Crippen LogP contribution in [0.4, 0.5) is 5.13 Å². The molecule has 2 aromatic carbocycles. The molecule has 0 radical (unpaired) electrons. The van der Waals surface area contributed by atoms with E-state index in [4.69, 9.17) is 27.9 Å². The van der Waals surface area contributed by atoms with Gasteiger partial charge in [-0.05, 0) is 29.8 Å². The lowest BCUT2D eigenvalue weighted by atomic mass is 10.2. The van der Waals surface area contributed by atoms with E-state index in [1.807, 2.05) is 30.3 Å². The highest BCUT2D eigenvalue weighted by molar-refractivity contribution is 8.00. The number of nitrogens with zero attached hydrogens (tertiary/aromatic N) is 2. The first-order valence-electron chi connectivity index (χ1n) is 7.48. The van der Waals surface area contributed by atoms with Crippen molar-refractivity contribution in [1.82, 2.24) is 10.2 Å². The number of halogens is 2. The van der Waals surface area contributed by atoms with Crippen molar-refractivity contribution in [2.75, 3.05) is 11.9 Å². The van der Waals surface area contributed by atoms with Crippen LogP contribution in [0.25, 0.3) is 0 Å². The van der Waals surface area contributed by atoms with E-state index in [9.17, 15) is 4.79 Å². The molecule has 3 aromatic rings. The van der Waals surface area contributed by atoms with Gasteiger partial charge in [-0.1, -0.05) is 70.6 Å². The summed E-state index contributed by atoms with van der Waals surface area (Å²) in [7, 11) is 0. The van der Waals surface area contributed by atoms with Crippen LogP contribution in [0.2, 0.25) is 10.0 Å². The zero-order chi connectivity index (χ0) is 18.4. The Labute approximate surface area is 168 Å². The zero-order valence-electron chi connectivity index (χ0n) is 13.3. The minimum absolute atomic E-state index is 0.0880. The minimum atomic E-state index is -0.286. The molecule has 0 fully saturated rings. The van der Waals surface area contributed by atoms with Gasteiger partial charge in [0.1, 0.15) is 5.75 Å². The summed E-state index contributed by atoms with van der Waals surface area (Å²) in [5, 5.41) is 12.2. The Morgan fingerprint density at radius 3 is 2.69 bits per heavy atom. The third kappa shape index (κ3) is 5.60. The molecule has 26 heavy (non-hydrogen) atoms. The number of amides is 1. The molecule has 1 N–H and O–H groups in total. The maximum absolute atomic E-state index is 11.9. The number of rotatable bonds is 7. The van der Waals surface area contributed by atoms with E-state index < -0.39 is 0 Å². The van der Waals surface area contributed by atoms with Crippen LogP contribution in [0, 0.1) is 0 Å². The van der Waals surface area contributed by atoms with Crippen molar-refractivity contribution >= 4 is 57.3 Å². The summed E-state index contributed by atoms with van der Waals surface area (Å²) in [5.74, 6) is 1.03. The van der Waals surface area contributed by atoms with Crippen molar-refractivity contribution in [2.24, 2.45) is 0 Å². The van der Waals surface area contributed by atoms with Gasteiger partial charge in [-0.25, -0.2) is 0 Å². The van der Waals surface area contributed by atoms with Gasteiger partial charge in [0.25, 0.3) is 5.91 Å². The van der Waals surface area contributed by atoms with Gasteiger partial charge < -0.3 is 4.74 Å². The molecule has 134 valence electrons. The summed E-state index contributed by atoms with van der Waals surface area (Å²) < 4.78 is 6.13. The van der Waals surface area contributed by atoms with Gasteiger partial charge >= 0.3 is 0 Å². The molecule has 1 amide bonds. The van der Waals surface area contributed by atoms with Crippen molar-refractivity contribution in [2.45, 2.75) is 10.1 Å². The lowest BCUT2D eigenvalue weighted by molar-refractivity contribution is -0.118. The number of hydrogen-bond donors (Lipinski definition) is 1. The van der Waals surface area contributed by atoms with Crippen LogP contribution in [-0.2, 0) is 10.5 Å². The Morgan fingerprint density at radius 2 is 1.92 bits per heavy atom. The molecule has 0 aliphatic carbocycles. The number of anilines is 1. The van der Waals surface area contributed by atoms with Crippen LogP contribution in [0.3, 0.4) is 0 Å². The number of thioether (sulfide) groups is 1. The Balaban J connectivity index is 1.48. The standard InChI is InChI=1S/C17H13Cl2N3O2S2/c18-13-7-6-11(8-14(13)19)10-25-17-22-21-16(26-17)20-15(23)9-24-12-4-2-1-3-5-12/h1-8H,9-10H2,(H,20,21,23). The van der Waals surface area contributed by atoms with Crippen molar-refractivity contribution in [1.29, 1.82) is 0 Å². The second-order valence-corrected chi connectivity index (χ2v) is 8.07. The number of carbonyl (C=O) groups is 1. The molecule has 9 heteroatoms. The number of hydrogen-bond acceptors (Lipinski definition) is 6. The first kappa shape index (κ1) is 19.0. The SMILES string of the molecule is O=C(COc1ccccc1)Nc1nnc(SCc2ccc(Cl)c(Cl)c2)s1. The van der Waals surface area contributed by atoms with Crippen LogP contribution >= 0.6 is 46.3 Å². The average molecular weight is 426 g/mol. The Kier molecular flexibility index (Phi) is 6.73. The average Bonchev–Trinajstić information content (AvgIpc) is 3.09. The topological polar surface area (TPSA) is 64.1 Å². The first-order chi connectivity index (χ1) is 12.6. The van der Waals surface area contributed by atoms with Crippen molar-refractivity contribution in [3.8, 4) is 5.75 Å². The zero-order valence-corrected chi connectivity index (χ0v) is 16.5. The van der Waals surface area contributed by atoms with Gasteiger partial charge in [0, 0.05) is 5.75 Å². The number of aromatic nitrogens is 2. The van der Waals surface area contributed by atoms with Gasteiger partial charge in [0.2, 0.25) is 5.13 Å². The summed E-state index contributed by atoms with van der Waals surface area (Å²) >= 11 is 14.7. The number of nitrogens with one attached hydrogen (secondary N) is 1. The fraction of sp³-hybridized carbons (Fsp3) is 0.118. The molecular formula is C17H13Cl2N3O2S2. The molecule has 0 unspecified atom stereocenters. The van der Waals surface area contributed by atoms with E-state index in [2.05, 4.69) is 15.5 Å². The van der Waals surface area contributed by atoms with Gasteiger partial charge in [-0.2, -0.15) is 0 Å². The maximum Gasteiger partial charge on any atom is 0.264 e. The molecule has 0 aliphatic heterocycles.